The van der Waals surface area contributed by atoms with Gasteiger partial charge < -0.3 is 9.52 Å². The monoisotopic (exact) mass is 403 g/mol. The smallest absolute Gasteiger partial charge is 0.358 e. The zero-order valence-electron chi connectivity index (χ0n) is 9.29. The van der Waals surface area contributed by atoms with Crippen LogP contribution < -0.4 is 0 Å². The van der Waals surface area contributed by atoms with E-state index in [9.17, 15) is 9.90 Å². The van der Waals surface area contributed by atoms with Gasteiger partial charge in [-0.15, -0.1) is 22.7 Å². The molecule has 0 fully saturated rings. The van der Waals surface area contributed by atoms with Crippen LogP contribution in [0.25, 0.3) is 22.1 Å². The zero-order valence-corrected chi connectivity index (χ0v) is 13.1. The molecule has 0 aliphatic carbocycles. The summed E-state index contributed by atoms with van der Waals surface area (Å²) in [5, 5.41) is 13.0. The molecule has 0 saturated heterocycles. The molecule has 0 amide bonds. The highest BCUT2D eigenvalue weighted by atomic mass is 127. The first kappa shape index (κ1) is 12.8. The molecule has 7 heteroatoms. The van der Waals surface area contributed by atoms with Gasteiger partial charge in [-0.3, -0.25) is 0 Å². The molecule has 0 bridgehead atoms. The number of hydrogen-bond acceptors (Lipinski definition) is 5. The van der Waals surface area contributed by atoms with E-state index in [1.54, 1.807) is 0 Å². The average molecular weight is 403 g/mol. The van der Waals surface area contributed by atoms with Crippen molar-refractivity contribution in [1.29, 1.82) is 0 Å². The van der Waals surface area contributed by atoms with Crippen LogP contribution in [0.2, 0.25) is 0 Å². The van der Waals surface area contributed by atoms with Gasteiger partial charge in [0.25, 0.3) is 0 Å². The highest BCUT2D eigenvalue weighted by Crippen LogP contribution is 2.34. The Morgan fingerprint density at radius 1 is 1.42 bits per heavy atom. The number of aromatic carboxylic acids is 1. The molecule has 0 aliphatic rings. The number of oxazole rings is 1. The third-order valence-electron chi connectivity index (χ3n) is 2.39. The summed E-state index contributed by atoms with van der Waals surface area (Å²) in [4.78, 5) is 16.2. The number of rotatable bonds is 3. The number of halogens is 1. The van der Waals surface area contributed by atoms with Crippen LogP contribution in [0.4, 0.5) is 0 Å². The van der Waals surface area contributed by atoms with Crippen LogP contribution in [0, 0.1) is 2.88 Å². The summed E-state index contributed by atoms with van der Waals surface area (Å²) in [6, 6.07) is 5.61. The van der Waals surface area contributed by atoms with Crippen molar-refractivity contribution < 1.29 is 14.3 Å². The molecular weight excluding hydrogens is 397 g/mol. The minimum Gasteiger partial charge on any atom is -0.476 e. The molecule has 96 valence electrons. The van der Waals surface area contributed by atoms with Gasteiger partial charge in [-0.2, -0.15) is 0 Å². The summed E-state index contributed by atoms with van der Waals surface area (Å²) < 4.78 is 6.71. The second-order valence-corrected chi connectivity index (χ2v) is 7.37. The van der Waals surface area contributed by atoms with Crippen LogP contribution in [-0.4, -0.2) is 16.1 Å². The molecule has 1 N–H and O–H groups in total. The van der Waals surface area contributed by atoms with Crippen molar-refractivity contribution in [3.63, 3.8) is 0 Å². The van der Waals surface area contributed by atoms with Gasteiger partial charge in [0, 0.05) is 10.9 Å². The number of thiophene rings is 2. The van der Waals surface area contributed by atoms with Crippen molar-refractivity contribution >= 4 is 51.2 Å². The van der Waals surface area contributed by atoms with Crippen LogP contribution in [0.3, 0.4) is 0 Å². The Hall–Kier alpha value is -1.19. The maximum Gasteiger partial charge on any atom is 0.358 e. The van der Waals surface area contributed by atoms with E-state index in [4.69, 9.17) is 4.42 Å². The van der Waals surface area contributed by atoms with Crippen molar-refractivity contribution in [2.75, 3.05) is 0 Å². The Morgan fingerprint density at radius 2 is 2.26 bits per heavy atom. The molecule has 0 spiro atoms. The van der Waals surface area contributed by atoms with Crippen LogP contribution in [-0.2, 0) is 0 Å². The van der Waals surface area contributed by atoms with Crippen molar-refractivity contribution in [2.24, 2.45) is 0 Å². The van der Waals surface area contributed by atoms with Gasteiger partial charge in [0.1, 0.15) is 0 Å². The molecule has 3 heterocycles. The van der Waals surface area contributed by atoms with Crippen molar-refractivity contribution in [2.45, 2.75) is 0 Å². The fourth-order valence-corrected chi connectivity index (χ4v) is 3.57. The Bertz CT molecular complexity index is 730. The standard InChI is InChI=1S/C12H6INO3S2/c13-8-4-6(5-19-8)10-9(12(15)16)14-11(17-10)7-2-1-3-18-7/h1-5H,(H,15,16). The lowest BCUT2D eigenvalue weighted by atomic mass is 10.2. The first-order valence-corrected chi connectivity index (χ1v) is 8.01. The van der Waals surface area contributed by atoms with E-state index in [1.165, 1.54) is 22.7 Å². The van der Waals surface area contributed by atoms with Gasteiger partial charge >= 0.3 is 5.97 Å². The van der Waals surface area contributed by atoms with Crippen molar-refractivity contribution in [1.82, 2.24) is 4.98 Å². The normalized spacial score (nSPS) is 10.8. The first-order valence-electron chi connectivity index (χ1n) is 5.17. The molecule has 3 aromatic rings. The summed E-state index contributed by atoms with van der Waals surface area (Å²) >= 11 is 5.18. The van der Waals surface area contributed by atoms with Crippen molar-refractivity contribution in [3.8, 4) is 22.1 Å². The molecule has 3 rings (SSSR count). The highest BCUT2D eigenvalue weighted by Gasteiger charge is 2.22. The van der Waals surface area contributed by atoms with Gasteiger partial charge in [0.05, 0.1) is 7.76 Å². The van der Waals surface area contributed by atoms with Crippen LogP contribution in [0.15, 0.2) is 33.4 Å². The number of carboxylic acids is 1. The van der Waals surface area contributed by atoms with E-state index in [-0.39, 0.29) is 5.69 Å². The van der Waals surface area contributed by atoms with Crippen LogP contribution in [0.5, 0.6) is 0 Å². The number of hydrogen-bond donors (Lipinski definition) is 1. The molecule has 0 aliphatic heterocycles. The van der Waals surface area contributed by atoms with Gasteiger partial charge in [-0.1, -0.05) is 6.07 Å². The Labute approximate surface area is 129 Å². The van der Waals surface area contributed by atoms with Gasteiger partial charge in [0.15, 0.2) is 11.5 Å². The van der Waals surface area contributed by atoms with Gasteiger partial charge in [-0.05, 0) is 40.1 Å². The van der Waals surface area contributed by atoms with E-state index < -0.39 is 5.97 Å². The summed E-state index contributed by atoms with van der Waals surface area (Å²) in [5.41, 5.74) is 0.708. The minimum atomic E-state index is -1.08. The minimum absolute atomic E-state index is 0.0439. The molecule has 0 atom stereocenters. The maximum atomic E-state index is 11.3. The quantitative estimate of drug-likeness (QED) is 0.657. The topological polar surface area (TPSA) is 63.3 Å². The van der Waals surface area contributed by atoms with E-state index in [0.29, 0.717) is 11.7 Å². The predicted molar refractivity (Wildman–Crippen MR) is 82.8 cm³/mol. The second kappa shape index (κ2) is 5.06. The summed E-state index contributed by atoms with van der Waals surface area (Å²) in [7, 11) is 0. The molecule has 0 saturated carbocycles. The molecule has 0 unspecified atom stereocenters. The lowest BCUT2D eigenvalue weighted by molar-refractivity contribution is 0.0691. The molecule has 0 radical (unpaired) electrons. The van der Waals surface area contributed by atoms with E-state index in [1.807, 2.05) is 29.0 Å². The van der Waals surface area contributed by atoms with E-state index >= 15 is 0 Å². The van der Waals surface area contributed by atoms with Gasteiger partial charge in [-0.25, -0.2) is 9.78 Å². The first-order chi connectivity index (χ1) is 9.15. The number of carbonyl (C=O) groups is 1. The molecular formula is C12H6INO3S2. The SMILES string of the molecule is O=C(O)c1nc(-c2cccs2)oc1-c1csc(I)c1. The number of aromatic nitrogens is 1. The Morgan fingerprint density at radius 3 is 2.84 bits per heavy atom. The molecule has 19 heavy (non-hydrogen) atoms. The number of carboxylic acid groups (broad SMARTS) is 1. The lowest BCUT2D eigenvalue weighted by Crippen LogP contribution is -1.98. The highest BCUT2D eigenvalue weighted by molar-refractivity contribution is 14.1. The zero-order chi connectivity index (χ0) is 13.4. The summed E-state index contributed by atoms with van der Waals surface area (Å²) in [5.74, 6) is -0.415. The molecule has 0 aromatic carbocycles. The summed E-state index contributed by atoms with van der Waals surface area (Å²) in [6.07, 6.45) is 0. The third kappa shape index (κ3) is 2.45. The van der Waals surface area contributed by atoms with E-state index in [2.05, 4.69) is 27.6 Å². The van der Waals surface area contributed by atoms with Crippen LogP contribution >= 0.6 is 45.3 Å². The molecule has 4 nitrogen and oxygen atoms in total. The number of nitrogens with zero attached hydrogens (tertiary/aromatic N) is 1. The Kier molecular flexibility index (Phi) is 3.42. The summed E-state index contributed by atoms with van der Waals surface area (Å²) in [6.45, 7) is 0. The van der Waals surface area contributed by atoms with Gasteiger partial charge in [0.2, 0.25) is 5.89 Å². The fourth-order valence-electron chi connectivity index (χ4n) is 1.60. The second-order valence-electron chi connectivity index (χ2n) is 3.62. The predicted octanol–water partition coefficient (Wildman–Crippen LogP) is 4.43. The van der Waals surface area contributed by atoms with E-state index in [0.717, 1.165) is 13.3 Å². The fraction of sp³-hybridized carbons (Fsp3) is 0. The molecule has 3 aromatic heterocycles. The maximum absolute atomic E-state index is 11.3. The largest absolute Gasteiger partial charge is 0.476 e. The average Bonchev–Trinajstić information content (AvgIpc) is 3.07. The third-order valence-corrected chi connectivity index (χ3v) is 5.04. The van der Waals surface area contributed by atoms with Crippen LogP contribution in [0.1, 0.15) is 10.5 Å². The van der Waals surface area contributed by atoms with Crippen molar-refractivity contribution in [3.05, 3.63) is 37.5 Å². The lowest BCUT2D eigenvalue weighted by Gasteiger charge is -1.92. The Balaban J connectivity index is 2.15.